The Labute approximate surface area is 133 Å². The molecule has 112 valence electrons. The summed E-state index contributed by atoms with van der Waals surface area (Å²) in [6, 6.07) is 12.7. The minimum atomic E-state index is -0.226. The molecular weight excluding hydrogens is 333 g/mol. The van der Waals surface area contributed by atoms with Crippen molar-refractivity contribution >= 4 is 15.9 Å². The van der Waals surface area contributed by atoms with Crippen LogP contribution in [0.1, 0.15) is 17.5 Å². The first-order valence-corrected chi connectivity index (χ1v) is 7.70. The van der Waals surface area contributed by atoms with E-state index in [0.29, 0.717) is 6.42 Å². The van der Waals surface area contributed by atoms with Crippen molar-refractivity contribution in [1.82, 2.24) is 0 Å². The summed E-state index contributed by atoms with van der Waals surface area (Å²) in [6.07, 6.45) is 2.42. The van der Waals surface area contributed by atoms with Crippen LogP contribution in [0.2, 0.25) is 0 Å². The standard InChI is InChI=1S/C17H19BrFNO/c1-21-16-7-3-12(4-8-16)2-6-15(20)11-13-10-14(19)5-9-17(13)18/h3-5,7-10,15H,2,6,11,20H2,1H3. The summed E-state index contributed by atoms with van der Waals surface area (Å²) in [5, 5.41) is 0. The summed E-state index contributed by atoms with van der Waals surface area (Å²) in [6.45, 7) is 0. The topological polar surface area (TPSA) is 35.2 Å². The average Bonchev–Trinajstić information content (AvgIpc) is 2.49. The van der Waals surface area contributed by atoms with Crippen LogP contribution in [0.15, 0.2) is 46.9 Å². The van der Waals surface area contributed by atoms with E-state index in [1.54, 1.807) is 13.2 Å². The lowest BCUT2D eigenvalue weighted by atomic mass is 10.00. The van der Waals surface area contributed by atoms with Gasteiger partial charge in [0.15, 0.2) is 0 Å². The number of methoxy groups -OCH3 is 1. The number of nitrogens with two attached hydrogens (primary N) is 1. The predicted octanol–water partition coefficient (Wildman–Crippen LogP) is 4.10. The molecule has 21 heavy (non-hydrogen) atoms. The number of benzene rings is 2. The van der Waals surface area contributed by atoms with E-state index >= 15 is 0 Å². The lowest BCUT2D eigenvalue weighted by Gasteiger charge is -2.13. The minimum Gasteiger partial charge on any atom is -0.497 e. The Morgan fingerprint density at radius 2 is 1.90 bits per heavy atom. The number of halogens is 2. The van der Waals surface area contributed by atoms with E-state index in [1.807, 2.05) is 24.3 Å². The average molecular weight is 352 g/mol. The second kappa shape index (κ2) is 7.57. The fourth-order valence-corrected chi connectivity index (χ4v) is 2.64. The third-order valence-corrected chi connectivity index (χ3v) is 4.23. The van der Waals surface area contributed by atoms with E-state index in [2.05, 4.69) is 15.9 Å². The van der Waals surface area contributed by atoms with Crippen LogP contribution >= 0.6 is 15.9 Å². The van der Waals surface area contributed by atoms with E-state index < -0.39 is 0 Å². The molecule has 0 aliphatic rings. The summed E-state index contributed by atoms with van der Waals surface area (Å²) in [5.74, 6) is 0.627. The van der Waals surface area contributed by atoms with Crippen molar-refractivity contribution < 1.29 is 9.13 Å². The van der Waals surface area contributed by atoms with Gasteiger partial charge in [0.05, 0.1) is 7.11 Å². The van der Waals surface area contributed by atoms with E-state index in [-0.39, 0.29) is 11.9 Å². The van der Waals surface area contributed by atoms with Crippen molar-refractivity contribution in [3.05, 3.63) is 63.9 Å². The van der Waals surface area contributed by atoms with Crippen molar-refractivity contribution in [3.8, 4) is 5.75 Å². The van der Waals surface area contributed by atoms with Crippen molar-refractivity contribution in [2.45, 2.75) is 25.3 Å². The monoisotopic (exact) mass is 351 g/mol. The van der Waals surface area contributed by atoms with E-state index in [4.69, 9.17) is 10.5 Å². The number of ether oxygens (including phenoxy) is 1. The maximum Gasteiger partial charge on any atom is 0.123 e. The van der Waals surface area contributed by atoms with Gasteiger partial charge in [-0.25, -0.2) is 4.39 Å². The highest BCUT2D eigenvalue weighted by Crippen LogP contribution is 2.20. The highest BCUT2D eigenvalue weighted by atomic mass is 79.9. The SMILES string of the molecule is COc1ccc(CCC(N)Cc2cc(F)ccc2Br)cc1. The van der Waals surface area contributed by atoms with Gasteiger partial charge in [-0.2, -0.15) is 0 Å². The van der Waals surface area contributed by atoms with Crippen molar-refractivity contribution in [2.75, 3.05) is 7.11 Å². The lowest BCUT2D eigenvalue weighted by molar-refractivity contribution is 0.414. The van der Waals surface area contributed by atoms with Gasteiger partial charge >= 0.3 is 0 Å². The van der Waals surface area contributed by atoms with Gasteiger partial charge in [-0.3, -0.25) is 0 Å². The number of rotatable bonds is 6. The molecule has 2 rings (SSSR count). The van der Waals surface area contributed by atoms with Crippen LogP contribution in [0.25, 0.3) is 0 Å². The van der Waals surface area contributed by atoms with Crippen molar-refractivity contribution in [3.63, 3.8) is 0 Å². The minimum absolute atomic E-state index is 0.00482. The van der Waals surface area contributed by atoms with Gasteiger partial charge in [-0.1, -0.05) is 28.1 Å². The van der Waals surface area contributed by atoms with Crippen LogP contribution in [-0.2, 0) is 12.8 Å². The first kappa shape index (κ1) is 16.0. The van der Waals surface area contributed by atoms with Crippen LogP contribution in [-0.4, -0.2) is 13.2 Å². The molecule has 4 heteroatoms. The van der Waals surface area contributed by atoms with Gasteiger partial charge in [0.2, 0.25) is 0 Å². The van der Waals surface area contributed by atoms with Gasteiger partial charge in [-0.05, 0) is 60.7 Å². The Morgan fingerprint density at radius 1 is 1.19 bits per heavy atom. The normalized spacial score (nSPS) is 12.2. The van der Waals surface area contributed by atoms with Crippen molar-refractivity contribution in [1.29, 1.82) is 0 Å². The third-order valence-electron chi connectivity index (χ3n) is 3.45. The second-order valence-corrected chi connectivity index (χ2v) is 5.94. The zero-order valence-electron chi connectivity index (χ0n) is 12.0. The van der Waals surface area contributed by atoms with Crippen LogP contribution in [0.5, 0.6) is 5.75 Å². The summed E-state index contributed by atoms with van der Waals surface area (Å²) in [4.78, 5) is 0. The summed E-state index contributed by atoms with van der Waals surface area (Å²) >= 11 is 3.43. The van der Waals surface area contributed by atoms with Crippen LogP contribution in [0.4, 0.5) is 4.39 Å². The first-order valence-electron chi connectivity index (χ1n) is 6.91. The zero-order chi connectivity index (χ0) is 15.2. The van der Waals surface area contributed by atoms with Crippen LogP contribution < -0.4 is 10.5 Å². The molecule has 2 aromatic rings. The largest absolute Gasteiger partial charge is 0.497 e. The molecule has 0 fully saturated rings. The van der Waals surface area contributed by atoms with E-state index in [9.17, 15) is 4.39 Å². The highest BCUT2D eigenvalue weighted by molar-refractivity contribution is 9.10. The Balaban J connectivity index is 1.89. The number of aryl methyl sites for hydroxylation is 1. The molecule has 0 bridgehead atoms. The van der Waals surface area contributed by atoms with Gasteiger partial charge in [0, 0.05) is 10.5 Å². The van der Waals surface area contributed by atoms with Crippen LogP contribution in [0.3, 0.4) is 0 Å². The zero-order valence-corrected chi connectivity index (χ0v) is 13.6. The predicted molar refractivity (Wildman–Crippen MR) is 87.1 cm³/mol. The maximum atomic E-state index is 13.2. The van der Waals surface area contributed by atoms with Gasteiger partial charge in [-0.15, -0.1) is 0 Å². The first-order chi connectivity index (χ1) is 10.1. The second-order valence-electron chi connectivity index (χ2n) is 5.09. The molecule has 0 aromatic heterocycles. The third kappa shape index (κ3) is 4.83. The fourth-order valence-electron chi connectivity index (χ4n) is 2.23. The molecule has 2 N–H and O–H groups in total. The fraction of sp³-hybridized carbons (Fsp3) is 0.294. The Bertz CT molecular complexity index is 586. The molecule has 0 aliphatic heterocycles. The molecule has 0 saturated heterocycles. The summed E-state index contributed by atoms with van der Waals surface area (Å²) in [5.41, 5.74) is 8.30. The van der Waals surface area contributed by atoms with Gasteiger partial charge in [0.25, 0.3) is 0 Å². The molecule has 0 saturated carbocycles. The molecule has 2 aromatic carbocycles. The Kier molecular flexibility index (Phi) is 5.76. The molecule has 0 radical (unpaired) electrons. The summed E-state index contributed by atoms with van der Waals surface area (Å²) < 4.78 is 19.3. The van der Waals surface area contributed by atoms with E-state index in [0.717, 1.165) is 28.6 Å². The molecular formula is C17H19BrFNO. The Morgan fingerprint density at radius 3 is 2.57 bits per heavy atom. The molecule has 2 nitrogen and oxygen atoms in total. The quantitative estimate of drug-likeness (QED) is 0.850. The lowest BCUT2D eigenvalue weighted by Crippen LogP contribution is -2.23. The molecule has 0 aliphatic carbocycles. The number of hydrogen-bond acceptors (Lipinski definition) is 2. The molecule has 0 spiro atoms. The highest BCUT2D eigenvalue weighted by Gasteiger charge is 2.09. The Hall–Kier alpha value is -1.39. The maximum absolute atomic E-state index is 13.2. The van der Waals surface area contributed by atoms with Gasteiger partial charge < -0.3 is 10.5 Å². The van der Waals surface area contributed by atoms with Crippen LogP contribution in [0, 0.1) is 5.82 Å². The van der Waals surface area contributed by atoms with Crippen molar-refractivity contribution in [2.24, 2.45) is 5.73 Å². The molecule has 0 amide bonds. The number of hydrogen-bond donors (Lipinski definition) is 1. The summed E-state index contributed by atoms with van der Waals surface area (Å²) in [7, 11) is 1.65. The smallest absolute Gasteiger partial charge is 0.123 e. The van der Waals surface area contributed by atoms with E-state index in [1.165, 1.54) is 17.7 Å². The van der Waals surface area contributed by atoms with Gasteiger partial charge in [0.1, 0.15) is 11.6 Å². The molecule has 1 unspecified atom stereocenters. The molecule has 1 atom stereocenters. The molecule has 0 heterocycles.